The Kier molecular flexibility index (Phi) is 9.21. The normalized spacial score (nSPS) is 19.2. The highest BCUT2D eigenvalue weighted by atomic mass is 127. The van der Waals surface area contributed by atoms with Crippen LogP contribution in [0.3, 0.4) is 0 Å². The molecule has 1 aliphatic heterocycles. The molecule has 1 spiro atoms. The quantitative estimate of drug-likeness (QED) is 0.333. The maximum atomic E-state index is 11.8. The lowest BCUT2D eigenvalue weighted by Gasteiger charge is -2.33. The van der Waals surface area contributed by atoms with Crippen LogP contribution in [0.5, 0.6) is 0 Å². The van der Waals surface area contributed by atoms with Crippen molar-refractivity contribution in [2.45, 2.75) is 57.7 Å². The first-order valence-electron chi connectivity index (χ1n) is 10.5. The highest BCUT2D eigenvalue weighted by Crippen LogP contribution is 2.43. The fourth-order valence-electron chi connectivity index (χ4n) is 4.53. The summed E-state index contributed by atoms with van der Waals surface area (Å²) in [5, 5.41) is 3.45. The summed E-state index contributed by atoms with van der Waals surface area (Å²) >= 11 is 0. The summed E-state index contributed by atoms with van der Waals surface area (Å²) in [6.45, 7) is 5.69. The number of rotatable bonds is 6. The van der Waals surface area contributed by atoms with Crippen LogP contribution in [-0.4, -0.2) is 46.0 Å². The molecule has 1 aliphatic carbocycles. The zero-order valence-corrected chi connectivity index (χ0v) is 20.8. The van der Waals surface area contributed by atoms with Gasteiger partial charge in [-0.15, -0.1) is 24.0 Å². The van der Waals surface area contributed by atoms with E-state index in [0.717, 1.165) is 36.7 Å². The molecule has 2 aliphatic rings. The predicted octanol–water partition coefficient (Wildman–Crippen LogP) is 3.48. The molecule has 164 valence electrons. The van der Waals surface area contributed by atoms with Gasteiger partial charge in [-0.2, -0.15) is 0 Å². The van der Waals surface area contributed by atoms with E-state index in [4.69, 9.17) is 4.99 Å². The lowest BCUT2D eigenvalue weighted by molar-refractivity contribution is 0.203. The molecule has 2 N–H and O–H groups in total. The summed E-state index contributed by atoms with van der Waals surface area (Å²) in [6.07, 6.45) is 8.09. The fraction of sp³-hybridized carbons (Fsp3) is 0.667. The summed E-state index contributed by atoms with van der Waals surface area (Å²) in [7, 11) is -1.82. The van der Waals surface area contributed by atoms with Crippen LogP contribution in [0.1, 0.15) is 56.6 Å². The molecule has 1 aromatic carbocycles. The van der Waals surface area contributed by atoms with E-state index in [9.17, 15) is 8.42 Å². The maximum Gasteiger partial charge on any atom is 0.215 e. The largest absolute Gasteiger partial charge is 0.357 e. The highest BCUT2D eigenvalue weighted by molar-refractivity contribution is 14.0. The first-order valence-corrected chi connectivity index (χ1v) is 12.1. The number of hydrogen-bond acceptors (Lipinski definition) is 3. The molecular weight excluding hydrogens is 499 g/mol. The molecule has 1 aromatic rings. The minimum atomic E-state index is -3.26. The maximum absolute atomic E-state index is 11.8. The van der Waals surface area contributed by atoms with Crippen molar-refractivity contribution in [2.75, 3.05) is 26.7 Å². The third-order valence-electron chi connectivity index (χ3n) is 6.06. The minimum Gasteiger partial charge on any atom is -0.357 e. The van der Waals surface area contributed by atoms with Gasteiger partial charge in [0.15, 0.2) is 5.96 Å². The van der Waals surface area contributed by atoms with Crippen molar-refractivity contribution in [3.05, 3.63) is 35.4 Å². The average molecular weight is 535 g/mol. The van der Waals surface area contributed by atoms with Gasteiger partial charge >= 0.3 is 0 Å². The molecule has 3 rings (SSSR count). The number of sulfonamides is 1. The van der Waals surface area contributed by atoms with Gasteiger partial charge in [0.05, 0.1) is 12.3 Å². The van der Waals surface area contributed by atoms with Crippen molar-refractivity contribution in [1.29, 1.82) is 0 Å². The zero-order valence-electron chi connectivity index (χ0n) is 17.6. The Hall–Kier alpha value is -0.870. The van der Waals surface area contributed by atoms with E-state index in [1.165, 1.54) is 45.6 Å². The molecule has 0 amide bonds. The molecule has 8 heteroatoms. The van der Waals surface area contributed by atoms with E-state index < -0.39 is 10.0 Å². The molecule has 1 heterocycles. The van der Waals surface area contributed by atoms with E-state index >= 15 is 0 Å². The molecule has 29 heavy (non-hydrogen) atoms. The van der Waals surface area contributed by atoms with Gasteiger partial charge in [0, 0.05) is 19.6 Å². The summed E-state index contributed by atoms with van der Waals surface area (Å²) in [5.74, 6) is 0.980. The van der Waals surface area contributed by atoms with Gasteiger partial charge in [-0.05, 0) is 49.8 Å². The topological polar surface area (TPSA) is 73.8 Å². The second-order valence-electron chi connectivity index (χ2n) is 8.19. The van der Waals surface area contributed by atoms with Gasteiger partial charge in [-0.1, -0.05) is 43.5 Å². The van der Waals surface area contributed by atoms with Crippen LogP contribution >= 0.6 is 24.0 Å². The summed E-state index contributed by atoms with van der Waals surface area (Å²) in [6, 6.07) is 7.70. The van der Waals surface area contributed by atoms with Crippen LogP contribution in [0.15, 0.2) is 29.3 Å². The van der Waals surface area contributed by atoms with E-state index in [0.29, 0.717) is 12.0 Å². The van der Waals surface area contributed by atoms with E-state index in [-0.39, 0.29) is 29.7 Å². The van der Waals surface area contributed by atoms with Crippen LogP contribution in [0.2, 0.25) is 0 Å². The van der Waals surface area contributed by atoms with Crippen molar-refractivity contribution in [3.8, 4) is 0 Å². The number of halogens is 1. The SMILES string of the molecule is CCNC(=NCc1cccc(CS(=O)(=O)NC)c1)N1CCC2(CCCCC2)C1.I. The number of aliphatic imine (C=N–C) groups is 1. The number of benzene rings is 1. The molecular formula is C21H35IN4O2S. The summed E-state index contributed by atoms with van der Waals surface area (Å²) < 4.78 is 26.0. The number of nitrogens with zero attached hydrogens (tertiary/aromatic N) is 2. The van der Waals surface area contributed by atoms with Crippen molar-refractivity contribution in [3.63, 3.8) is 0 Å². The first-order chi connectivity index (χ1) is 13.5. The van der Waals surface area contributed by atoms with E-state index in [1.807, 2.05) is 24.3 Å². The molecule has 0 atom stereocenters. The highest BCUT2D eigenvalue weighted by Gasteiger charge is 2.39. The molecule has 0 aromatic heterocycles. The number of hydrogen-bond donors (Lipinski definition) is 2. The van der Waals surface area contributed by atoms with Crippen molar-refractivity contribution in [2.24, 2.45) is 10.4 Å². The molecule has 0 bridgehead atoms. The average Bonchev–Trinajstić information content (AvgIpc) is 3.09. The summed E-state index contributed by atoms with van der Waals surface area (Å²) in [5.41, 5.74) is 2.32. The molecule has 2 fully saturated rings. The minimum absolute atomic E-state index is 0. The van der Waals surface area contributed by atoms with Crippen LogP contribution in [0.4, 0.5) is 0 Å². The van der Waals surface area contributed by atoms with Gasteiger partial charge in [0.1, 0.15) is 0 Å². The zero-order chi connectivity index (χ0) is 20.0. The smallest absolute Gasteiger partial charge is 0.215 e. The first kappa shape index (κ1) is 24.4. The van der Waals surface area contributed by atoms with Gasteiger partial charge < -0.3 is 10.2 Å². The molecule has 0 radical (unpaired) electrons. The number of guanidine groups is 1. The van der Waals surface area contributed by atoms with Gasteiger partial charge in [0.25, 0.3) is 0 Å². The third kappa shape index (κ3) is 6.82. The Bertz CT molecular complexity index is 792. The Balaban J connectivity index is 0.00000300. The molecule has 0 unspecified atom stereocenters. The molecule has 6 nitrogen and oxygen atoms in total. The molecule has 1 saturated carbocycles. The Labute approximate surface area is 193 Å². The van der Waals surface area contributed by atoms with Gasteiger partial charge in [-0.25, -0.2) is 18.1 Å². The predicted molar refractivity (Wildman–Crippen MR) is 130 cm³/mol. The Morgan fingerprint density at radius 1 is 1.17 bits per heavy atom. The lowest BCUT2D eigenvalue weighted by atomic mass is 9.73. The fourth-order valence-corrected chi connectivity index (χ4v) is 5.29. The molecule has 1 saturated heterocycles. The van der Waals surface area contributed by atoms with Crippen LogP contribution < -0.4 is 10.0 Å². The van der Waals surface area contributed by atoms with Gasteiger partial charge in [0.2, 0.25) is 10.0 Å². The second kappa shape index (κ2) is 10.9. The standard InChI is InChI=1S/C21H34N4O2S.HI/c1-3-23-20(25-13-12-21(17-25)10-5-4-6-11-21)24-15-18-8-7-9-19(14-18)16-28(26,27)22-2;/h7-9,14,22H,3-6,10-13,15-17H2,1-2H3,(H,23,24);1H. The van der Waals surface area contributed by atoms with Crippen molar-refractivity contribution in [1.82, 2.24) is 14.9 Å². The monoisotopic (exact) mass is 534 g/mol. The lowest BCUT2D eigenvalue weighted by Crippen LogP contribution is -2.41. The van der Waals surface area contributed by atoms with E-state index in [1.54, 1.807) is 0 Å². The van der Waals surface area contributed by atoms with Crippen LogP contribution in [-0.2, 0) is 22.3 Å². The number of likely N-dealkylation sites (tertiary alicyclic amines) is 1. The van der Waals surface area contributed by atoms with Crippen LogP contribution in [0.25, 0.3) is 0 Å². The third-order valence-corrected chi connectivity index (χ3v) is 7.39. The van der Waals surface area contributed by atoms with Gasteiger partial charge in [-0.3, -0.25) is 0 Å². The Morgan fingerprint density at radius 3 is 2.59 bits per heavy atom. The Morgan fingerprint density at radius 2 is 1.90 bits per heavy atom. The van der Waals surface area contributed by atoms with Crippen LogP contribution in [0, 0.1) is 5.41 Å². The van der Waals surface area contributed by atoms with E-state index in [2.05, 4.69) is 21.9 Å². The number of nitrogens with one attached hydrogen (secondary N) is 2. The summed E-state index contributed by atoms with van der Waals surface area (Å²) in [4.78, 5) is 7.29. The van der Waals surface area contributed by atoms with Crippen molar-refractivity contribution < 1.29 is 8.42 Å². The second-order valence-corrected chi connectivity index (χ2v) is 10.1. The van der Waals surface area contributed by atoms with Crippen molar-refractivity contribution >= 4 is 40.0 Å².